The summed E-state index contributed by atoms with van der Waals surface area (Å²) in [5, 5.41) is 9.51. The lowest BCUT2D eigenvalue weighted by Crippen LogP contribution is -2.26. The van der Waals surface area contributed by atoms with Crippen LogP contribution in [0.15, 0.2) is 18.3 Å². The topological polar surface area (TPSA) is 62.4 Å². The first kappa shape index (κ1) is 11.1. The predicted octanol–water partition coefficient (Wildman–Crippen LogP) is 0.746. The minimum atomic E-state index is 0. The zero-order valence-corrected chi connectivity index (χ0v) is 8.57. The van der Waals surface area contributed by atoms with Crippen molar-refractivity contribution < 1.29 is 5.11 Å². The van der Waals surface area contributed by atoms with Gasteiger partial charge in [0.25, 0.3) is 0 Å². The van der Waals surface area contributed by atoms with Crippen LogP contribution in [0.25, 0.3) is 0 Å². The highest BCUT2D eigenvalue weighted by Gasteiger charge is 2.21. The molecule has 0 radical (unpaired) electrons. The number of halogens is 1. The molecule has 0 spiro atoms. The zero-order valence-electron chi connectivity index (χ0n) is 7.76. The molecule has 0 amide bonds. The number of rotatable bonds is 1. The van der Waals surface area contributed by atoms with Gasteiger partial charge in [-0.05, 0) is 18.6 Å². The molecular formula is C9H14ClN3O. The Kier molecular flexibility index (Phi) is 3.55. The van der Waals surface area contributed by atoms with E-state index in [1.807, 2.05) is 4.90 Å². The van der Waals surface area contributed by atoms with Gasteiger partial charge < -0.3 is 15.7 Å². The zero-order chi connectivity index (χ0) is 9.26. The van der Waals surface area contributed by atoms with E-state index >= 15 is 0 Å². The Morgan fingerprint density at radius 2 is 2.36 bits per heavy atom. The van der Waals surface area contributed by atoms with E-state index in [1.54, 1.807) is 18.3 Å². The molecular weight excluding hydrogens is 202 g/mol. The first-order chi connectivity index (χ1) is 6.27. The maximum Gasteiger partial charge on any atom is 0.171 e. The second-order valence-corrected chi connectivity index (χ2v) is 3.34. The molecule has 0 unspecified atom stereocenters. The normalized spacial score (nSPS) is 20.6. The number of anilines is 1. The smallest absolute Gasteiger partial charge is 0.171 e. The van der Waals surface area contributed by atoms with E-state index in [0.29, 0.717) is 5.82 Å². The summed E-state index contributed by atoms with van der Waals surface area (Å²) in [5.41, 5.74) is 5.76. The van der Waals surface area contributed by atoms with Crippen molar-refractivity contribution in [1.29, 1.82) is 0 Å². The molecule has 5 heteroatoms. The standard InChI is InChI=1S/C9H13N3O.ClH/c10-7-3-5-12(6-7)9-8(13)2-1-4-11-9;/h1-2,4,7,13H,3,5-6,10H2;1H/t7-;/m0./s1. The molecule has 2 heterocycles. The molecule has 0 saturated carbocycles. The summed E-state index contributed by atoms with van der Waals surface area (Å²) >= 11 is 0. The summed E-state index contributed by atoms with van der Waals surface area (Å²) in [6.45, 7) is 1.66. The van der Waals surface area contributed by atoms with Gasteiger partial charge in [-0.25, -0.2) is 4.98 Å². The fraction of sp³-hybridized carbons (Fsp3) is 0.444. The van der Waals surface area contributed by atoms with Crippen LogP contribution in [0.1, 0.15) is 6.42 Å². The average Bonchev–Trinajstić information content (AvgIpc) is 2.53. The first-order valence-electron chi connectivity index (χ1n) is 4.42. The SMILES string of the molecule is Cl.N[C@H]1CCN(c2ncccc2O)C1. The predicted molar refractivity (Wildman–Crippen MR) is 58.0 cm³/mol. The van der Waals surface area contributed by atoms with Crippen LogP contribution in [-0.4, -0.2) is 29.2 Å². The van der Waals surface area contributed by atoms with E-state index in [0.717, 1.165) is 19.5 Å². The molecule has 1 saturated heterocycles. The lowest BCUT2D eigenvalue weighted by molar-refractivity contribution is 0.472. The highest BCUT2D eigenvalue weighted by Crippen LogP contribution is 2.25. The molecule has 1 atom stereocenters. The van der Waals surface area contributed by atoms with Crippen molar-refractivity contribution in [3.63, 3.8) is 0 Å². The number of aromatic hydroxyl groups is 1. The lowest BCUT2D eigenvalue weighted by atomic mass is 10.3. The van der Waals surface area contributed by atoms with Gasteiger partial charge in [-0.2, -0.15) is 0 Å². The van der Waals surface area contributed by atoms with E-state index in [9.17, 15) is 5.11 Å². The van der Waals surface area contributed by atoms with E-state index in [-0.39, 0.29) is 24.2 Å². The Morgan fingerprint density at radius 3 is 2.93 bits per heavy atom. The Bertz CT molecular complexity index is 308. The summed E-state index contributed by atoms with van der Waals surface area (Å²) in [7, 11) is 0. The second-order valence-electron chi connectivity index (χ2n) is 3.34. The lowest BCUT2D eigenvalue weighted by Gasteiger charge is -2.17. The van der Waals surface area contributed by atoms with Gasteiger partial charge in [0.15, 0.2) is 11.6 Å². The fourth-order valence-electron chi connectivity index (χ4n) is 1.61. The van der Waals surface area contributed by atoms with Gasteiger partial charge in [0, 0.05) is 25.3 Å². The number of hydrogen-bond donors (Lipinski definition) is 2. The second kappa shape index (κ2) is 4.48. The molecule has 1 aliphatic rings. The van der Waals surface area contributed by atoms with Gasteiger partial charge in [-0.15, -0.1) is 12.4 Å². The van der Waals surface area contributed by atoms with Crippen molar-refractivity contribution in [3.8, 4) is 5.75 Å². The van der Waals surface area contributed by atoms with Crippen LogP contribution < -0.4 is 10.6 Å². The van der Waals surface area contributed by atoms with Crippen LogP contribution in [0.3, 0.4) is 0 Å². The van der Waals surface area contributed by atoms with Gasteiger partial charge in [0.1, 0.15) is 0 Å². The Balaban J connectivity index is 0.000000980. The fourth-order valence-corrected chi connectivity index (χ4v) is 1.61. The number of pyridine rings is 1. The third-order valence-corrected chi connectivity index (χ3v) is 2.29. The van der Waals surface area contributed by atoms with Crippen molar-refractivity contribution in [2.24, 2.45) is 5.73 Å². The molecule has 1 aliphatic heterocycles. The minimum Gasteiger partial charge on any atom is -0.504 e. The first-order valence-corrected chi connectivity index (χ1v) is 4.42. The third-order valence-electron chi connectivity index (χ3n) is 2.29. The van der Waals surface area contributed by atoms with Gasteiger partial charge in [0.2, 0.25) is 0 Å². The van der Waals surface area contributed by atoms with E-state index < -0.39 is 0 Å². The average molecular weight is 216 g/mol. The highest BCUT2D eigenvalue weighted by molar-refractivity contribution is 5.85. The summed E-state index contributed by atoms with van der Waals surface area (Å²) < 4.78 is 0. The van der Waals surface area contributed by atoms with Crippen LogP contribution in [0.4, 0.5) is 5.82 Å². The van der Waals surface area contributed by atoms with Crippen molar-refractivity contribution >= 4 is 18.2 Å². The third kappa shape index (κ3) is 2.08. The van der Waals surface area contributed by atoms with Crippen molar-refractivity contribution in [3.05, 3.63) is 18.3 Å². The minimum absolute atomic E-state index is 0. The van der Waals surface area contributed by atoms with Gasteiger partial charge in [-0.3, -0.25) is 0 Å². The molecule has 0 bridgehead atoms. The van der Waals surface area contributed by atoms with Crippen LogP contribution in [0.5, 0.6) is 5.75 Å². The van der Waals surface area contributed by atoms with Crippen molar-refractivity contribution in [2.45, 2.75) is 12.5 Å². The van der Waals surface area contributed by atoms with Crippen LogP contribution in [0, 0.1) is 0 Å². The maximum absolute atomic E-state index is 9.51. The highest BCUT2D eigenvalue weighted by atomic mass is 35.5. The molecule has 1 aromatic rings. The molecule has 0 aliphatic carbocycles. The molecule has 1 fully saturated rings. The molecule has 3 N–H and O–H groups in total. The number of nitrogens with two attached hydrogens (primary N) is 1. The molecule has 0 aromatic carbocycles. The van der Waals surface area contributed by atoms with Crippen molar-refractivity contribution in [1.82, 2.24) is 4.98 Å². The molecule has 14 heavy (non-hydrogen) atoms. The van der Waals surface area contributed by atoms with Crippen molar-refractivity contribution in [2.75, 3.05) is 18.0 Å². The number of nitrogens with zero attached hydrogens (tertiary/aromatic N) is 2. The van der Waals surface area contributed by atoms with Gasteiger partial charge in [0.05, 0.1) is 0 Å². The molecule has 78 valence electrons. The number of hydrogen-bond acceptors (Lipinski definition) is 4. The molecule has 2 rings (SSSR count). The van der Waals surface area contributed by atoms with E-state index in [1.165, 1.54) is 0 Å². The quantitative estimate of drug-likeness (QED) is 0.726. The van der Waals surface area contributed by atoms with Crippen LogP contribution in [-0.2, 0) is 0 Å². The maximum atomic E-state index is 9.51. The van der Waals surface area contributed by atoms with Crippen LogP contribution >= 0.6 is 12.4 Å². The van der Waals surface area contributed by atoms with Gasteiger partial charge in [-0.1, -0.05) is 0 Å². The van der Waals surface area contributed by atoms with Gasteiger partial charge >= 0.3 is 0 Å². The largest absolute Gasteiger partial charge is 0.504 e. The monoisotopic (exact) mass is 215 g/mol. The summed E-state index contributed by atoms with van der Waals surface area (Å²) in [5.74, 6) is 0.882. The Labute approximate surface area is 89.2 Å². The Hall–Kier alpha value is -1.00. The number of aromatic nitrogens is 1. The molecule has 4 nitrogen and oxygen atoms in total. The Morgan fingerprint density at radius 1 is 1.57 bits per heavy atom. The molecule has 1 aromatic heterocycles. The summed E-state index contributed by atoms with van der Waals surface area (Å²) in [4.78, 5) is 6.13. The summed E-state index contributed by atoms with van der Waals surface area (Å²) in [6.07, 6.45) is 2.65. The summed E-state index contributed by atoms with van der Waals surface area (Å²) in [6, 6.07) is 3.57. The van der Waals surface area contributed by atoms with E-state index in [2.05, 4.69) is 4.98 Å². The van der Waals surface area contributed by atoms with Crippen LogP contribution in [0.2, 0.25) is 0 Å². The van der Waals surface area contributed by atoms with E-state index in [4.69, 9.17) is 5.73 Å².